The number of fused-ring (bicyclic) bond motifs is 4. The second kappa shape index (κ2) is 17.6. The standard InChI is InChI=1S/C23H25N3O4.C21H21N3O4/c1-3-9-16(14-22(27)29-4-2)26-20-12-7-6-11-19(20)25(23(26)28)15-18-17-10-5-8-13-21(17)30-24-18;1-2-7-14(12-20(25)26)24-18-10-5-4-9-17(18)23(21(24)27)13-16-15-8-3-6-11-19(15)28-22-16/h5-8,10-13,16H,3-4,9,14-15H2,1-2H3;3-6,8-11,14H,2,7,12-13H2,1H3,(H,25,26). The van der Waals surface area contributed by atoms with Crippen LogP contribution in [0.15, 0.2) is 116 Å². The second-order valence-electron chi connectivity index (χ2n) is 14.2. The van der Waals surface area contributed by atoms with E-state index in [-0.39, 0.29) is 42.8 Å². The zero-order valence-corrected chi connectivity index (χ0v) is 32.7. The number of hydrogen-bond acceptors (Lipinski definition) is 9. The van der Waals surface area contributed by atoms with Crippen LogP contribution in [0.3, 0.4) is 0 Å². The fraction of sp³-hybridized carbons (Fsp3) is 0.318. The number of carboxylic acid groups (broad SMARTS) is 1. The van der Waals surface area contributed by atoms with E-state index >= 15 is 0 Å². The lowest BCUT2D eigenvalue weighted by molar-refractivity contribution is -0.144. The zero-order chi connectivity index (χ0) is 40.8. The van der Waals surface area contributed by atoms with Gasteiger partial charge in [-0.15, -0.1) is 0 Å². The second-order valence-corrected chi connectivity index (χ2v) is 14.2. The van der Waals surface area contributed by atoms with Gasteiger partial charge in [0.1, 0.15) is 11.4 Å². The number of hydrogen-bond donors (Lipinski definition) is 1. The van der Waals surface area contributed by atoms with Crippen molar-refractivity contribution in [2.24, 2.45) is 0 Å². The summed E-state index contributed by atoms with van der Waals surface area (Å²) in [4.78, 5) is 50.4. The normalized spacial score (nSPS) is 12.5. The van der Waals surface area contributed by atoms with Crippen molar-refractivity contribution >= 4 is 55.9 Å². The number of aliphatic carboxylic acids is 1. The maximum Gasteiger partial charge on any atom is 0.329 e. The van der Waals surface area contributed by atoms with Crippen molar-refractivity contribution in [2.45, 2.75) is 84.5 Å². The molecule has 14 heteroatoms. The summed E-state index contributed by atoms with van der Waals surface area (Å²) in [6.45, 7) is 6.70. The molecule has 0 spiro atoms. The van der Waals surface area contributed by atoms with Gasteiger partial charge in [0.25, 0.3) is 0 Å². The van der Waals surface area contributed by atoms with E-state index in [2.05, 4.69) is 10.3 Å². The molecule has 0 aliphatic heterocycles. The van der Waals surface area contributed by atoms with Crippen molar-refractivity contribution in [2.75, 3.05) is 6.61 Å². The summed E-state index contributed by atoms with van der Waals surface area (Å²) >= 11 is 0. The number of imidazole rings is 2. The van der Waals surface area contributed by atoms with Crippen LogP contribution in [0, 0.1) is 0 Å². The van der Waals surface area contributed by atoms with Crippen molar-refractivity contribution in [3.8, 4) is 0 Å². The minimum Gasteiger partial charge on any atom is -0.481 e. The van der Waals surface area contributed by atoms with E-state index in [0.717, 1.165) is 45.7 Å². The molecule has 1 N–H and O–H groups in total. The van der Waals surface area contributed by atoms with Crippen LogP contribution in [0.5, 0.6) is 0 Å². The molecule has 0 aliphatic carbocycles. The van der Waals surface area contributed by atoms with E-state index in [0.29, 0.717) is 48.5 Å². The van der Waals surface area contributed by atoms with Gasteiger partial charge in [-0.3, -0.25) is 27.9 Å². The van der Waals surface area contributed by atoms with Crippen LogP contribution in [0.4, 0.5) is 0 Å². The maximum atomic E-state index is 13.5. The lowest BCUT2D eigenvalue weighted by Gasteiger charge is -2.17. The number of esters is 1. The topological polar surface area (TPSA) is 170 Å². The highest BCUT2D eigenvalue weighted by Crippen LogP contribution is 2.27. The Morgan fingerprint density at radius 1 is 0.621 bits per heavy atom. The van der Waals surface area contributed by atoms with Gasteiger partial charge in [0, 0.05) is 22.9 Å². The molecule has 14 nitrogen and oxygen atoms in total. The molecule has 8 rings (SSSR count). The quantitative estimate of drug-likeness (QED) is 0.100. The third-order valence-electron chi connectivity index (χ3n) is 10.4. The first-order valence-corrected chi connectivity index (χ1v) is 19.7. The lowest BCUT2D eigenvalue weighted by Crippen LogP contribution is -2.29. The number of carbonyl (C=O) groups is 2. The van der Waals surface area contributed by atoms with Gasteiger partial charge in [-0.1, -0.05) is 85.5 Å². The summed E-state index contributed by atoms with van der Waals surface area (Å²) in [7, 11) is 0. The SMILES string of the molecule is CCCC(CC(=O)O)n1c(=O)n(Cc2noc3ccccc23)c2ccccc21.CCCC(CC(=O)OCC)n1c(=O)n(Cc2noc3ccccc23)c2ccccc21. The molecular weight excluding hydrogens is 741 g/mol. The van der Waals surface area contributed by atoms with Crippen LogP contribution in [0.25, 0.3) is 44.0 Å². The van der Waals surface area contributed by atoms with E-state index in [1.54, 1.807) is 25.2 Å². The first-order valence-electron chi connectivity index (χ1n) is 19.7. The Morgan fingerprint density at radius 2 is 1.03 bits per heavy atom. The number of ether oxygens (including phenoxy) is 1. The van der Waals surface area contributed by atoms with E-state index in [4.69, 9.17) is 13.8 Å². The molecule has 4 aromatic heterocycles. The fourth-order valence-electron chi connectivity index (χ4n) is 7.80. The highest BCUT2D eigenvalue weighted by atomic mass is 16.5. The van der Waals surface area contributed by atoms with Crippen molar-refractivity contribution in [1.82, 2.24) is 28.6 Å². The Hall–Kier alpha value is -6.70. The Balaban J connectivity index is 0.000000177. The van der Waals surface area contributed by atoms with E-state index in [1.807, 2.05) is 111 Å². The van der Waals surface area contributed by atoms with Crippen LogP contribution in [-0.4, -0.2) is 52.2 Å². The molecule has 58 heavy (non-hydrogen) atoms. The number of aromatic nitrogens is 6. The van der Waals surface area contributed by atoms with Gasteiger partial charge >= 0.3 is 23.3 Å². The van der Waals surface area contributed by atoms with Gasteiger partial charge in [-0.2, -0.15) is 0 Å². The van der Waals surface area contributed by atoms with Crippen LogP contribution in [0.1, 0.15) is 82.8 Å². The smallest absolute Gasteiger partial charge is 0.329 e. The minimum absolute atomic E-state index is 0.0886. The fourth-order valence-corrected chi connectivity index (χ4v) is 7.80. The Labute approximate surface area is 332 Å². The number of carbonyl (C=O) groups excluding carboxylic acids is 1. The summed E-state index contributed by atoms with van der Waals surface area (Å²) in [5.74, 6) is -1.20. The molecule has 0 bridgehead atoms. The Kier molecular flexibility index (Phi) is 12.0. The number of benzene rings is 4. The van der Waals surface area contributed by atoms with Crippen LogP contribution in [-0.2, 0) is 27.4 Å². The predicted octanol–water partition coefficient (Wildman–Crippen LogP) is 8.10. The van der Waals surface area contributed by atoms with Gasteiger partial charge in [0.15, 0.2) is 11.2 Å². The molecule has 0 fully saturated rings. The van der Waals surface area contributed by atoms with E-state index in [1.165, 1.54) is 0 Å². The summed E-state index contributed by atoms with van der Waals surface area (Å²) in [5, 5.41) is 19.4. The highest BCUT2D eigenvalue weighted by Gasteiger charge is 2.25. The lowest BCUT2D eigenvalue weighted by atomic mass is 10.1. The van der Waals surface area contributed by atoms with Crippen LogP contribution < -0.4 is 11.4 Å². The zero-order valence-electron chi connectivity index (χ0n) is 32.7. The summed E-state index contributed by atoms with van der Waals surface area (Å²) < 4.78 is 22.6. The number of rotatable bonds is 15. The van der Waals surface area contributed by atoms with Crippen LogP contribution in [0.2, 0.25) is 0 Å². The van der Waals surface area contributed by atoms with Crippen molar-refractivity contribution in [3.05, 3.63) is 129 Å². The third-order valence-corrected chi connectivity index (χ3v) is 10.4. The van der Waals surface area contributed by atoms with Crippen molar-refractivity contribution in [3.63, 3.8) is 0 Å². The van der Waals surface area contributed by atoms with Gasteiger partial charge in [-0.05, 0) is 68.3 Å². The highest BCUT2D eigenvalue weighted by molar-refractivity contribution is 5.82. The molecular formula is C44H46N6O8. The van der Waals surface area contributed by atoms with E-state index < -0.39 is 12.0 Å². The largest absolute Gasteiger partial charge is 0.481 e. The van der Waals surface area contributed by atoms with Gasteiger partial charge in [-0.25, -0.2) is 9.59 Å². The molecule has 2 unspecified atom stereocenters. The molecule has 4 aromatic carbocycles. The monoisotopic (exact) mass is 786 g/mol. The molecule has 300 valence electrons. The summed E-state index contributed by atoms with van der Waals surface area (Å²) in [6.07, 6.45) is 3.05. The molecule has 0 saturated carbocycles. The first kappa shape index (κ1) is 39.5. The molecule has 2 atom stereocenters. The Morgan fingerprint density at radius 3 is 1.47 bits per heavy atom. The number of nitrogens with zero attached hydrogens (tertiary/aromatic N) is 6. The molecule has 0 aliphatic rings. The summed E-state index contributed by atoms with van der Waals surface area (Å²) in [6, 6.07) is 29.6. The molecule has 0 saturated heterocycles. The third kappa shape index (κ3) is 7.95. The Bertz CT molecular complexity index is 2820. The molecule has 4 heterocycles. The average Bonchev–Trinajstić information content (AvgIpc) is 3.97. The number of para-hydroxylation sites is 6. The molecule has 0 amide bonds. The van der Waals surface area contributed by atoms with Gasteiger partial charge in [0.05, 0.1) is 54.6 Å². The van der Waals surface area contributed by atoms with Crippen molar-refractivity contribution in [1.29, 1.82) is 0 Å². The van der Waals surface area contributed by atoms with Gasteiger partial charge < -0.3 is 18.9 Å². The first-order chi connectivity index (χ1) is 28.2. The maximum absolute atomic E-state index is 13.5. The van der Waals surface area contributed by atoms with Gasteiger partial charge in [0.2, 0.25) is 0 Å². The van der Waals surface area contributed by atoms with Crippen molar-refractivity contribution < 1.29 is 28.5 Å². The average molecular weight is 787 g/mol. The predicted molar refractivity (Wildman–Crippen MR) is 220 cm³/mol. The summed E-state index contributed by atoms with van der Waals surface area (Å²) in [5.41, 5.74) is 5.45. The molecule has 8 aromatic rings. The minimum atomic E-state index is -0.912. The van der Waals surface area contributed by atoms with E-state index in [9.17, 15) is 24.3 Å². The number of carboxylic acids is 1. The molecule has 0 radical (unpaired) electrons. The van der Waals surface area contributed by atoms with Crippen LogP contribution >= 0.6 is 0 Å².